The van der Waals surface area contributed by atoms with E-state index in [0.717, 1.165) is 49.9 Å². The van der Waals surface area contributed by atoms with Crippen LogP contribution in [-0.4, -0.2) is 89.8 Å². The molecule has 2 fully saturated rings. The summed E-state index contributed by atoms with van der Waals surface area (Å²) in [5.41, 5.74) is 2.64. The van der Waals surface area contributed by atoms with E-state index in [0.29, 0.717) is 62.8 Å². The summed E-state index contributed by atoms with van der Waals surface area (Å²) in [7, 11) is 2.13. The number of ether oxygens (including phenoxy) is 2. The van der Waals surface area contributed by atoms with Crippen LogP contribution in [0.5, 0.6) is 6.01 Å². The quantitative estimate of drug-likeness (QED) is 0.601. The van der Waals surface area contributed by atoms with Crippen LogP contribution >= 0.6 is 0 Å². The average Bonchev–Trinajstić information content (AvgIpc) is 3.36. The molecule has 1 unspecified atom stereocenters. The Bertz CT molecular complexity index is 1320. The SMILES string of the molecule is CN1CCC[C@H]1COc1nc2c(c(N3CCN(C(=O)OC(C)(C)C)CC3)n1)NC(=O)C1(CCCc3ccccc31)C2. The van der Waals surface area contributed by atoms with E-state index >= 15 is 0 Å². The summed E-state index contributed by atoms with van der Waals surface area (Å²) in [6.07, 6.45) is 5.19. The molecule has 220 valence electrons. The molecule has 41 heavy (non-hydrogen) atoms. The van der Waals surface area contributed by atoms with E-state index in [1.165, 1.54) is 5.56 Å². The molecule has 2 amide bonds. The van der Waals surface area contributed by atoms with E-state index in [4.69, 9.17) is 19.4 Å². The minimum atomic E-state index is -0.647. The molecule has 10 nitrogen and oxygen atoms in total. The normalized spacial score (nSPS) is 24.6. The number of rotatable bonds is 4. The van der Waals surface area contributed by atoms with Gasteiger partial charge < -0.3 is 29.5 Å². The molecule has 2 aromatic rings. The number of likely N-dealkylation sites (tertiary alicyclic amines) is 1. The van der Waals surface area contributed by atoms with Gasteiger partial charge in [-0.15, -0.1) is 0 Å². The summed E-state index contributed by atoms with van der Waals surface area (Å²) in [4.78, 5) is 42.6. The third-order valence-electron chi connectivity index (χ3n) is 8.98. The zero-order chi connectivity index (χ0) is 28.8. The van der Waals surface area contributed by atoms with Crippen molar-refractivity contribution in [3.05, 3.63) is 41.1 Å². The molecule has 4 heterocycles. The van der Waals surface area contributed by atoms with Crippen molar-refractivity contribution in [1.82, 2.24) is 19.8 Å². The van der Waals surface area contributed by atoms with Gasteiger partial charge in [-0.2, -0.15) is 9.97 Å². The molecule has 0 saturated carbocycles. The Morgan fingerprint density at radius 3 is 2.61 bits per heavy atom. The first-order chi connectivity index (χ1) is 19.6. The van der Waals surface area contributed by atoms with Gasteiger partial charge >= 0.3 is 12.1 Å². The highest BCUT2D eigenvalue weighted by atomic mass is 16.6. The van der Waals surface area contributed by atoms with Crippen molar-refractivity contribution in [3.63, 3.8) is 0 Å². The van der Waals surface area contributed by atoms with Crippen molar-refractivity contribution in [1.29, 1.82) is 0 Å². The van der Waals surface area contributed by atoms with Crippen LogP contribution in [0.25, 0.3) is 0 Å². The molecular formula is C31H42N6O4. The first-order valence-electron chi connectivity index (χ1n) is 15.0. The van der Waals surface area contributed by atoms with Gasteiger partial charge in [-0.25, -0.2) is 4.79 Å². The summed E-state index contributed by atoms with van der Waals surface area (Å²) in [5.74, 6) is 0.677. The number of hydrogen-bond acceptors (Lipinski definition) is 8. The molecule has 10 heteroatoms. The van der Waals surface area contributed by atoms with Gasteiger partial charge in [0.05, 0.1) is 11.1 Å². The summed E-state index contributed by atoms with van der Waals surface area (Å²) in [6.45, 7) is 9.36. The Balaban J connectivity index is 1.30. The summed E-state index contributed by atoms with van der Waals surface area (Å²) < 4.78 is 11.8. The summed E-state index contributed by atoms with van der Waals surface area (Å²) >= 11 is 0. The Morgan fingerprint density at radius 1 is 1.10 bits per heavy atom. The number of carbonyl (C=O) groups excluding carboxylic acids is 2. The number of anilines is 2. The number of aryl methyl sites for hydroxylation is 1. The second-order valence-electron chi connectivity index (χ2n) is 12.9. The van der Waals surface area contributed by atoms with Crippen molar-refractivity contribution >= 4 is 23.5 Å². The van der Waals surface area contributed by atoms with Gasteiger partial charge in [0.25, 0.3) is 0 Å². The predicted molar refractivity (Wildman–Crippen MR) is 157 cm³/mol. The van der Waals surface area contributed by atoms with Crippen molar-refractivity contribution < 1.29 is 19.1 Å². The second-order valence-corrected chi connectivity index (χ2v) is 12.9. The molecule has 2 atom stereocenters. The zero-order valence-corrected chi connectivity index (χ0v) is 24.7. The Labute approximate surface area is 242 Å². The highest BCUT2D eigenvalue weighted by molar-refractivity contribution is 6.04. The maximum atomic E-state index is 13.9. The number of nitrogens with zero attached hydrogens (tertiary/aromatic N) is 5. The lowest BCUT2D eigenvalue weighted by Gasteiger charge is -2.42. The lowest BCUT2D eigenvalue weighted by molar-refractivity contribution is -0.122. The van der Waals surface area contributed by atoms with Crippen LogP contribution in [-0.2, 0) is 27.8 Å². The maximum Gasteiger partial charge on any atom is 0.410 e. The number of amides is 2. The summed E-state index contributed by atoms with van der Waals surface area (Å²) in [5, 5.41) is 3.25. The van der Waals surface area contributed by atoms with Gasteiger partial charge in [-0.1, -0.05) is 24.3 Å². The molecule has 2 saturated heterocycles. The minimum Gasteiger partial charge on any atom is -0.462 e. The largest absolute Gasteiger partial charge is 0.462 e. The molecule has 1 aliphatic carbocycles. The van der Waals surface area contributed by atoms with Crippen LogP contribution in [0.4, 0.5) is 16.3 Å². The van der Waals surface area contributed by atoms with Crippen molar-refractivity contribution in [3.8, 4) is 6.01 Å². The Morgan fingerprint density at radius 2 is 1.88 bits per heavy atom. The van der Waals surface area contributed by atoms with Gasteiger partial charge in [-0.3, -0.25) is 4.79 Å². The maximum absolute atomic E-state index is 13.9. The molecule has 0 radical (unpaired) electrons. The predicted octanol–water partition coefficient (Wildman–Crippen LogP) is 3.78. The molecule has 3 aliphatic heterocycles. The number of piperazine rings is 1. The number of likely N-dealkylation sites (N-methyl/N-ethyl adjacent to an activating group) is 1. The van der Waals surface area contributed by atoms with E-state index in [1.807, 2.05) is 26.8 Å². The molecule has 6 rings (SSSR count). The molecule has 1 spiro atoms. The molecule has 1 aromatic carbocycles. The van der Waals surface area contributed by atoms with E-state index in [1.54, 1.807) is 4.90 Å². The van der Waals surface area contributed by atoms with E-state index in [-0.39, 0.29) is 12.0 Å². The fourth-order valence-corrected chi connectivity index (χ4v) is 6.75. The van der Waals surface area contributed by atoms with E-state index in [2.05, 4.69) is 40.4 Å². The van der Waals surface area contributed by atoms with Crippen LogP contribution in [0.3, 0.4) is 0 Å². The van der Waals surface area contributed by atoms with Crippen molar-refractivity contribution in [2.75, 3.05) is 56.6 Å². The number of aromatic nitrogens is 2. The fraction of sp³-hybridized carbons (Fsp3) is 0.613. The summed E-state index contributed by atoms with van der Waals surface area (Å²) in [6, 6.07) is 9.01. The van der Waals surface area contributed by atoms with Crippen molar-refractivity contribution in [2.45, 2.75) is 76.4 Å². The van der Waals surface area contributed by atoms with Crippen LogP contribution in [0.2, 0.25) is 0 Å². The number of nitrogens with one attached hydrogen (secondary N) is 1. The number of carbonyl (C=O) groups is 2. The molecule has 0 bridgehead atoms. The third-order valence-corrected chi connectivity index (χ3v) is 8.98. The molecular weight excluding hydrogens is 520 g/mol. The number of hydrogen-bond donors (Lipinski definition) is 1. The van der Waals surface area contributed by atoms with Gasteiger partial charge in [0.2, 0.25) is 5.91 Å². The number of fused-ring (bicyclic) bond motifs is 3. The highest BCUT2D eigenvalue weighted by Gasteiger charge is 2.48. The molecule has 4 aliphatic rings. The fourth-order valence-electron chi connectivity index (χ4n) is 6.75. The topological polar surface area (TPSA) is 100 Å². The zero-order valence-electron chi connectivity index (χ0n) is 24.7. The van der Waals surface area contributed by atoms with Crippen molar-refractivity contribution in [2.24, 2.45) is 0 Å². The van der Waals surface area contributed by atoms with Crippen LogP contribution in [0, 0.1) is 0 Å². The monoisotopic (exact) mass is 562 g/mol. The third kappa shape index (κ3) is 5.46. The van der Waals surface area contributed by atoms with Gasteiger partial charge in [0.15, 0.2) is 5.82 Å². The first kappa shape index (κ1) is 27.8. The van der Waals surface area contributed by atoms with Crippen LogP contribution in [0.1, 0.15) is 63.3 Å². The smallest absolute Gasteiger partial charge is 0.410 e. The molecule has 1 N–H and O–H groups in total. The number of benzene rings is 1. The first-order valence-corrected chi connectivity index (χ1v) is 15.0. The van der Waals surface area contributed by atoms with Crippen LogP contribution in [0.15, 0.2) is 24.3 Å². The van der Waals surface area contributed by atoms with Gasteiger partial charge in [-0.05, 0) is 77.6 Å². The Hall–Kier alpha value is -3.40. The van der Waals surface area contributed by atoms with Gasteiger partial charge in [0, 0.05) is 38.6 Å². The standard InChI is InChI=1S/C31H42N6O4/c1-30(2,3)41-29(39)37-17-15-36(16-18-37)26-25-24(32-28(34-26)40-20-22-11-8-14-35(22)4)19-31(27(38)33-25)13-7-10-21-9-5-6-12-23(21)31/h5-6,9,12,22H,7-8,10-11,13-20H2,1-4H3,(H,33,38)/t22-,31?/m0/s1. The highest BCUT2D eigenvalue weighted by Crippen LogP contribution is 2.46. The molecule has 1 aromatic heterocycles. The second kappa shape index (κ2) is 10.8. The van der Waals surface area contributed by atoms with Crippen LogP contribution < -0.4 is 15.0 Å². The Kier molecular flexibility index (Phi) is 7.30. The lowest BCUT2D eigenvalue weighted by atomic mass is 9.65. The average molecular weight is 563 g/mol. The van der Waals surface area contributed by atoms with E-state index < -0.39 is 11.0 Å². The lowest BCUT2D eigenvalue weighted by Crippen LogP contribution is -2.51. The van der Waals surface area contributed by atoms with E-state index in [9.17, 15) is 9.59 Å². The van der Waals surface area contributed by atoms with Gasteiger partial charge in [0.1, 0.15) is 17.9 Å². The minimum absolute atomic E-state index is 0.00985.